The molecule has 20 heavy (non-hydrogen) atoms. The van der Waals surface area contributed by atoms with Gasteiger partial charge in [-0.2, -0.15) is 0 Å². The minimum atomic E-state index is -3.58. The van der Waals surface area contributed by atoms with Crippen LogP contribution in [-0.2, 0) is 14.8 Å². The van der Waals surface area contributed by atoms with E-state index >= 15 is 0 Å². The Balaban J connectivity index is 2.06. The van der Waals surface area contributed by atoms with E-state index in [0.717, 1.165) is 19.4 Å². The van der Waals surface area contributed by atoms with Gasteiger partial charge in [-0.3, -0.25) is 0 Å². The fraction of sp³-hybridized carbons (Fsp3) is 0.538. The van der Waals surface area contributed by atoms with Crippen molar-refractivity contribution < 1.29 is 13.2 Å². The molecule has 0 bridgehead atoms. The van der Waals surface area contributed by atoms with Gasteiger partial charge in [0.1, 0.15) is 0 Å². The Kier molecular flexibility index (Phi) is 4.90. The van der Waals surface area contributed by atoms with Crippen molar-refractivity contribution in [2.24, 2.45) is 5.92 Å². The predicted octanol–water partition coefficient (Wildman–Crippen LogP) is 1.94. The fourth-order valence-electron chi connectivity index (χ4n) is 2.24. The number of benzene rings is 1. The van der Waals surface area contributed by atoms with E-state index < -0.39 is 10.0 Å². The lowest BCUT2D eigenvalue weighted by Crippen LogP contribution is -2.27. The molecule has 2 rings (SSSR count). The first-order chi connectivity index (χ1) is 9.40. The molecule has 5 nitrogen and oxygen atoms in total. The van der Waals surface area contributed by atoms with Crippen molar-refractivity contribution in [2.45, 2.75) is 24.7 Å². The second kappa shape index (κ2) is 6.30. The molecule has 0 aromatic heterocycles. The van der Waals surface area contributed by atoms with Crippen molar-refractivity contribution in [1.29, 1.82) is 0 Å². The molecule has 0 amide bonds. The number of sulfonamides is 1. The third kappa shape index (κ3) is 3.63. The van der Waals surface area contributed by atoms with Crippen LogP contribution in [0.3, 0.4) is 0 Å². The quantitative estimate of drug-likeness (QED) is 0.813. The van der Waals surface area contributed by atoms with Crippen LogP contribution in [0.2, 0.25) is 5.02 Å². The zero-order valence-corrected chi connectivity index (χ0v) is 12.9. The molecular weight excluding hydrogens is 300 g/mol. The van der Waals surface area contributed by atoms with Crippen LogP contribution < -0.4 is 10.5 Å². The molecule has 1 atom stereocenters. The number of rotatable bonds is 5. The standard InChI is InChI=1S/C13H19ClN2O3S/c1-9-12(15)6-11(14)7-13(9)20(17,18)16-4-2-10-3-5-19-8-10/h6-7,10,16H,2-5,8,15H2,1H3. The number of nitrogens with one attached hydrogen (secondary N) is 1. The zero-order valence-electron chi connectivity index (χ0n) is 11.4. The first-order valence-electron chi connectivity index (χ1n) is 6.53. The van der Waals surface area contributed by atoms with E-state index in [1.54, 1.807) is 13.0 Å². The first-order valence-corrected chi connectivity index (χ1v) is 8.39. The molecule has 0 aliphatic carbocycles. The van der Waals surface area contributed by atoms with E-state index in [0.29, 0.717) is 35.3 Å². The van der Waals surface area contributed by atoms with Crippen molar-refractivity contribution in [1.82, 2.24) is 4.72 Å². The van der Waals surface area contributed by atoms with Gasteiger partial charge >= 0.3 is 0 Å². The fourth-order valence-corrected chi connectivity index (χ4v) is 3.88. The molecule has 112 valence electrons. The smallest absolute Gasteiger partial charge is 0.240 e. The zero-order chi connectivity index (χ0) is 14.8. The second-order valence-electron chi connectivity index (χ2n) is 5.03. The average molecular weight is 319 g/mol. The Bertz CT molecular complexity index is 584. The van der Waals surface area contributed by atoms with Crippen molar-refractivity contribution >= 4 is 27.3 Å². The molecule has 1 saturated heterocycles. The number of nitrogens with two attached hydrogens (primary N) is 1. The number of ether oxygens (including phenoxy) is 1. The van der Waals surface area contributed by atoms with Crippen LogP contribution in [-0.4, -0.2) is 28.2 Å². The number of nitrogen functional groups attached to an aromatic ring is 1. The Morgan fingerprint density at radius 2 is 2.25 bits per heavy atom. The van der Waals surface area contributed by atoms with Gasteiger partial charge in [0.05, 0.1) is 4.90 Å². The molecular formula is C13H19ClN2O3S. The summed E-state index contributed by atoms with van der Waals surface area (Å²) in [5, 5.41) is 0.317. The largest absolute Gasteiger partial charge is 0.398 e. The lowest BCUT2D eigenvalue weighted by molar-refractivity contribution is 0.184. The molecule has 3 N–H and O–H groups in total. The summed E-state index contributed by atoms with van der Waals surface area (Å²) in [6.07, 6.45) is 1.76. The third-order valence-electron chi connectivity index (χ3n) is 3.52. The van der Waals surface area contributed by atoms with Gasteiger partial charge in [-0.05, 0) is 43.4 Å². The summed E-state index contributed by atoms with van der Waals surface area (Å²) in [5.74, 6) is 0.434. The highest BCUT2D eigenvalue weighted by Crippen LogP contribution is 2.26. The number of halogens is 1. The summed E-state index contributed by atoms with van der Waals surface area (Å²) in [5.41, 5.74) is 6.65. The molecule has 7 heteroatoms. The summed E-state index contributed by atoms with van der Waals surface area (Å²) in [6, 6.07) is 2.97. The van der Waals surface area contributed by atoms with E-state index in [9.17, 15) is 8.42 Å². The molecule has 1 aliphatic rings. The van der Waals surface area contributed by atoms with Crippen molar-refractivity contribution in [3.05, 3.63) is 22.7 Å². The number of anilines is 1. The van der Waals surface area contributed by atoms with Crippen LogP contribution in [0.15, 0.2) is 17.0 Å². The van der Waals surface area contributed by atoms with E-state index in [1.165, 1.54) is 6.07 Å². The van der Waals surface area contributed by atoms with Crippen LogP contribution >= 0.6 is 11.6 Å². The first kappa shape index (κ1) is 15.6. The molecule has 1 unspecified atom stereocenters. The maximum absolute atomic E-state index is 12.3. The highest BCUT2D eigenvalue weighted by molar-refractivity contribution is 7.89. The Hall–Kier alpha value is -0.820. The summed E-state index contributed by atoms with van der Waals surface area (Å²) < 4.78 is 32.4. The van der Waals surface area contributed by atoms with Gasteiger partial charge in [-0.1, -0.05) is 11.6 Å². The molecule has 1 aliphatic heterocycles. The van der Waals surface area contributed by atoms with Gasteiger partial charge in [0, 0.05) is 30.5 Å². The van der Waals surface area contributed by atoms with E-state index in [4.69, 9.17) is 22.1 Å². The van der Waals surface area contributed by atoms with Gasteiger partial charge in [0.2, 0.25) is 10.0 Å². The molecule has 0 radical (unpaired) electrons. The molecule has 1 aromatic rings. The van der Waals surface area contributed by atoms with Gasteiger partial charge in [-0.15, -0.1) is 0 Å². The second-order valence-corrected chi connectivity index (χ2v) is 7.21. The lowest BCUT2D eigenvalue weighted by Gasteiger charge is -2.13. The highest BCUT2D eigenvalue weighted by atomic mass is 35.5. The van der Waals surface area contributed by atoms with Gasteiger partial charge in [-0.25, -0.2) is 13.1 Å². The summed E-state index contributed by atoms with van der Waals surface area (Å²) >= 11 is 5.88. The van der Waals surface area contributed by atoms with Crippen molar-refractivity contribution in [3.63, 3.8) is 0 Å². The van der Waals surface area contributed by atoms with Crippen LogP contribution in [0.25, 0.3) is 0 Å². The molecule has 0 saturated carbocycles. The maximum atomic E-state index is 12.3. The minimum absolute atomic E-state index is 0.144. The van der Waals surface area contributed by atoms with E-state index in [1.807, 2.05) is 0 Å². The number of hydrogen-bond acceptors (Lipinski definition) is 4. The maximum Gasteiger partial charge on any atom is 0.240 e. The van der Waals surface area contributed by atoms with Crippen LogP contribution in [0.5, 0.6) is 0 Å². The molecule has 1 aromatic carbocycles. The summed E-state index contributed by atoms with van der Waals surface area (Å²) in [4.78, 5) is 0.144. The van der Waals surface area contributed by atoms with Gasteiger partial charge in [0.15, 0.2) is 0 Å². The normalized spacial score (nSPS) is 19.4. The summed E-state index contributed by atoms with van der Waals surface area (Å²) in [6.45, 7) is 3.54. The lowest BCUT2D eigenvalue weighted by atomic mass is 10.1. The van der Waals surface area contributed by atoms with Crippen molar-refractivity contribution in [2.75, 3.05) is 25.5 Å². The predicted molar refractivity (Wildman–Crippen MR) is 79.3 cm³/mol. The average Bonchev–Trinajstić information content (AvgIpc) is 2.86. The minimum Gasteiger partial charge on any atom is -0.398 e. The number of hydrogen-bond donors (Lipinski definition) is 2. The molecule has 0 spiro atoms. The van der Waals surface area contributed by atoms with Crippen molar-refractivity contribution in [3.8, 4) is 0 Å². The van der Waals surface area contributed by atoms with E-state index in [-0.39, 0.29) is 4.90 Å². The van der Waals surface area contributed by atoms with Crippen LogP contribution in [0, 0.1) is 12.8 Å². The highest BCUT2D eigenvalue weighted by Gasteiger charge is 2.20. The topological polar surface area (TPSA) is 81.4 Å². The van der Waals surface area contributed by atoms with Gasteiger partial charge in [0.25, 0.3) is 0 Å². The Labute approximate surface area is 124 Å². The molecule has 1 heterocycles. The van der Waals surface area contributed by atoms with Crippen LogP contribution in [0.4, 0.5) is 5.69 Å². The van der Waals surface area contributed by atoms with Crippen LogP contribution in [0.1, 0.15) is 18.4 Å². The Morgan fingerprint density at radius 3 is 2.90 bits per heavy atom. The van der Waals surface area contributed by atoms with E-state index in [2.05, 4.69) is 4.72 Å². The Morgan fingerprint density at radius 1 is 1.50 bits per heavy atom. The monoisotopic (exact) mass is 318 g/mol. The summed E-state index contributed by atoms with van der Waals surface area (Å²) in [7, 11) is -3.58. The SMILES string of the molecule is Cc1c(N)cc(Cl)cc1S(=O)(=O)NCCC1CCOC1. The van der Waals surface area contributed by atoms with Gasteiger partial charge < -0.3 is 10.5 Å². The molecule has 1 fully saturated rings. The third-order valence-corrected chi connectivity index (χ3v) is 5.33.